The fourth-order valence-electron chi connectivity index (χ4n) is 2.18. The number of hydrogen-bond donors (Lipinski definition) is 0. The van der Waals surface area contributed by atoms with Crippen LogP contribution in [0.1, 0.15) is 24.1 Å². The standard InChI is InChI=1S/C19H18N2O3/c1-3-6-14-8-9-18(19(11-14)23-2)24-13-17(22)15(12-20)16-7-4-5-10-21-16/h3-11,15H,13H2,1-2H3/b6-3-/t15-/m0/s1. The van der Waals surface area contributed by atoms with Crippen LogP contribution in [0, 0.1) is 11.3 Å². The van der Waals surface area contributed by atoms with Crippen LogP contribution in [0.25, 0.3) is 6.08 Å². The Morgan fingerprint density at radius 3 is 2.79 bits per heavy atom. The summed E-state index contributed by atoms with van der Waals surface area (Å²) in [6.07, 6.45) is 5.41. The zero-order chi connectivity index (χ0) is 17.4. The van der Waals surface area contributed by atoms with Crippen LogP contribution in [0.3, 0.4) is 0 Å². The van der Waals surface area contributed by atoms with Crippen LogP contribution < -0.4 is 9.47 Å². The Morgan fingerprint density at radius 1 is 1.33 bits per heavy atom. The Morgan fingerprint density at radius 2 is 2.17 bits per heavy atom. The van der Waals surface area contributed by atoms with E-state index in [4.69, 9.17) is 9.47 Å². The molecule has 1 heterocycles. The first-order chi connectivity index (χ1) is 11.7. The van der Waals surface area contributed by atoms with E-state index in [1.165, 1.54) is 7.11 Å². The lowest BCUT2D eigenvalue weighted by atomic mass is 10.0. The summed E-state index contributed by atoms with van der Waals surface area (Å²) in [4.78, 5) is 16.3. The van der Waals surface area contributed by atoms with Crippen molar-refractivity contribution in [1.82, 2.24) is 4.98 Å². The summed E-state index contributed by atoms with van der Waals surface area (Å²) in [5, 5.41) is 9.24. The average Bonchev–Trinajstić information content (AvgIpc) is 2.62. The quantitative estimate of drug-likeness (QED) is 0.781. The van der Waals surface area contributed by atoms with Gasteiger partial charge in [-0.1, -0.05) is 24.3 Å². The fraction of sp³-hybridized carbons (Fsp3) is 0.211. The molecule has 122 valence electrons. The first-order valence-electron chi connectivity index (χ1n) is 7.46. The van der Waals surface area contributed by atoms with Gasteiger partial charge in [0.2, 0.25) is 0 Å². The zero-order valence-electron chi connectivity index (χ0n) is 13.6. The number of Topliss-reactive ketones (excluding diaryl/α,β-unsaturated/α-hetero) is 1. The van der Waals surface area contributed by atoms with E-state index in [2.05, 4.69) is 4.98 Å². The molecule has 0 aliphatic rings. The third-order valence-corrected chi connectivity index (χ3v) is 3.35. The second-order valence-electron chi connectivity index (χ2n) is 4.98. The van der Waals surface area contributed by atoms with Crippen LogP contribution in [-0.2, 0) is 4.79 Å². The summed E-state index contributed by atoms with van der Waals surface area (Å²) < 4.78 is 10.8. The molecular formula is C19H18N2O3. The van der Waals surface area contributed by atoms with Crippen LogP contribution in [0.5, 0.6) is 11.5 Å². The minimum Gasteiger partial charge on any atom is -0.493 e. The lowest BCUT2D eigenvalue weighted by Gasteiger charge is -2.12. The van der Waals surface area contributed by atoms with Gasteiger partial charge in [0, 0.05) is 6.20 Å². The summed E-state index contributed by atoms with van der Waals surface area (Å²) in [6, 6.07) is 12.5. The van der Waals surface area contributed by atoms with Crippen molar-refractivity contribution >= 4 is 11.9 Å². The Balaban J connectivity index is 2.10. The highest BCUT2D eigenvalue weighted by molar-refractivity contribution is 5.89. The van der Waals surface area contributed by atoms with E-state index < -0.39 is 5.92 Å². The molecule has 2 rings (SSSR count). The van der Waals surface area contributed by atoms with Crippen LogP contribution in [0.2, 0.25) is 0 Å². The molecule has 0 N–H and O–H groups in total. The molecule has 0 radical (unpaired) electrons. The van der Waals surface area contributed by atoms with Gasteiger partial charge in [0.1, 0.15) is 6.61 Å². The topological polar surface area (TPSA) is 72.2 Å². The Labute approximate surface area is 141 Å². The smallest absolute Gasteiger partial charge is 0.193 e. The van der Waals surface area contributed by atoms with E-state index in [1.54, 1.807) is 30.5 Å². The minimum atomic E-state index is -0.945. The molecule has 5 nitrogen and oxygen atoms in total. The van der Waals surface area contributed by atoms with Crippen molar-refractivity contribution in [2.45, 2.75) is 12.8 Å². The predicted octanol–water partition coefficient (Wildman–Crippen LogP) is 3.38. The van der Waals surface area contributed by atoms with Crippen molar-refractivity contribution in [2.24, 2.45) is 0 Å². The van der Waals surface area contributed by atoms with E-state index in [1.807, 2.05) is 37.3 Å². The molecular weight excluding hydrogens is 304 g/mol. The van der Waals surface area contributed by atoms with E-state index >= 15 is 0 Å². The summed E-state index contributed by atoms with van der Waals surface area (Å²) in [5.74, 6) is -0.308. The molecule has 1 aromatic carbocycles. The molecule has 1 atom stereocenters. The van der Waals surface area contributed by atoms with Gasteiger partial charge in [-0.3, -0.25) is 9.78 Å². The highest BCUT2D eigenvalue weighted by Crippen LogP contribution is 2.29. The van der Waals surface area contributed by atoms with E-state index in [0.717, 1.165) is 5.56 Å². The van der Waals surface area contributed by atoms with Gasteiger partial charge in [0.25, 0.3) is 0 Å². The normalized spacial score (nSPS) is 11.7. The van der Waals surface area contributed by atoms with Crippen LogP contribution in [0.4, 0.5) is 0 Å². The third-order valence-electron chi connectivity index (χ3n) is 3.35. The number of ketones is 1. The second kappa shape index (κ2) is 8.49. The zero-order valence-corrected chi connectivity index (χ0v) is 13.6. The largest absolute Gasteiger partial charge is 0.493 e. The highest BCUT2D eigenvalue weighted by Gasteiger charge is 2.22. The van der Waals surface area contributed by atoms with Gasteiger partial charge in [-0.15, -0.1) is 0 Å². The van der Waals surface area contributed by atoms with Gasteiger partial charge in [-0.05, 0) is 36.8 Å². The van der Waals surface area contributed by atoms with Crippen molar-refractivity contribution in [3.63, 3.8) is 0 Å². The van der Waals surface area contributed by atoms with E-state index in [-0.39, 0.29) is 12.4 Å². The monoisotopic (exact) mass is 322 g/mol. The molecule has 0 unspecified atom stereocenters. The Bertz CT molecular complexity index is 764. The average molecular weight is 322 g/mol. The van der Waals surface area contributed by atoms with Crippen molar-refractivity contribution in [2.75, 3.05) is 13.7 Å². The van der Waals surface area contributed by atoms with Crippen molar-refractivity contribution in [1.29, 1.82) is 5.26 Å². The number of hydrogen-bond acceptors (Lipinski definition) is 5. The number of ether oxygens (including phenoxy) is 2. The molecule has 0 saturated heterocycles. The van der Waals surface area contributed by atoms with Gasteiger partial charge >= 0.3 is 0 Å². The van der Waals surface area contributed by atoms with E-state index in [0.29, 0.717) is 17.2 Å². The van der Waals surface area contributed by atoms with E-state index in [9.17, 15) is 10.1 Å². The summed E-state index contributed by atoms with van der Waals surface area (Å²) in [6.45, 7) is 1.70. The SMILES string of the molecule is C/C=C\c1ccc(OCC(=O)[C@@H](C#N)c2ccccn2)c(OC)c1. The molecule has 24 heavy (non-hydrogen) atoms. The number of methoxy groups -OCH3 is 1. The third kappa shape index (κ3) is 4.20. The van der Waals surface area contributed by atoms with Gasteiger partial charge in [-0.2, -0.15) is 5.26 Å². The number of aromatic nitrogens is 1. The second-order valence-corrected chi connectivity index (χ2v) is 4.98. The van der Waals surface area contributed by atoms with Crippen LogP contribution in [-0.4, -0.2) is 24.5 Å². The number of benzene rings is 1. The van der Waals surface area contributed by atoms with Crippen molar-refractivity contribution in [3.05, 3.63) is 59.9 Å². The summed E-state index contributed by atoms with van der Waals surface area (Å²) in [5.41, 5.74) is 1.39. The molecule has 0 spiro atoms. The lowest BCUT2D eigenvalue weighted by molar-refractivity contribution is -0.121. The maximum atomic E-state index is 12.3. The summed E-state index contributed by atoms with van der Waals surface area (Å²) in [7, 11) is 1.54. The van der Waals surface area contributed by atoms with Gasteiger partial charge in [0.15, 0.2) is 23.2 Å². The maximum absolute atomic E-state index is 12.3. The lowest BCUT2D eigenvalue weighted by Crippen LogP contribution is -2.20. The molecule has 0 amide bonds. The number of carbonyl (C=O) groups excluding carboxylic acids is 1. The first-order valence-corrected chi connectivity index (χ1v) is 7.46. The molecule has 5 heteroatoms. The molecule has 0 aliphatic heterocycles. The Kier molecular flexibility index (Phi) is 6.09. The van der Waals surface area contributed by atoms with Crippen LogP contribution >= 0.6 is 0 Å². The van der Waals surface area contributed by atoms with Crippen molar-refractivity contribution < 1.29 is 14.3 Å². The summed E-state index contributed by atoms with van der Waals surface area (Å²) >= 11 is 0. The van der Waals surface area contributed by atoms with Gasteiger partial charge in [0.05, 0.1) is 18.9 Å². The molecule has 0 bridgehead atoms. The van der Waals surface area contributed by atoms with Crippen molar-refractivity contribution in [3.8, 4) is 17.6 Å². The molecule has 0 aliphatic carbocycles. The molecule has 0 fully saturated rings. The van der Waals surface area contributed by atoms with Crippen LogP contribution in [0.15, 0.2) is 48.7 Å². The molecule has 0 saturated carbocycles. The van der Waals surface area contributed by atoms with Gasteiger partial charge in [-0.25, -0.2) is 0 Å². The number of carbonyl (C=O) groups is 1. The predicted molar refractivity (Wildman–Crippen MR) is 90.8 cm³/mol. The number of rotatable bonds is 7. The number of nitrogens with zero attached hydrogens (tertiary/aromatic N) is 2. The minimum absolute atomic E-state index is 0.228. The fourth-order valence-corrected chi connectivity index (χ4v) is 2.18. The molecule has 1 aromatic heterocycles. The van der Waals surface area contributed by atoms with Gasteiger partial charge < -0.3 is 9.47 Å². The Hall–Kier alpha value is -3.13. The molecule has 2 aromatic rings. The highest BCUT2D eigenvalue weighted by atomic mass is 16.5. The maximum Gasteiger partial charge on any atom is 0.193 e. The first kappa shape index (κ1) is 17.2. The number of nitriles is 1. The number of pyridine rings is 1. The number of allylic oxidation sites excluding steroid dienone is 1.